The summed E-state index contributed by atoms with van der Waals surface area (Å²) in [6, 6.07) is 0. The van der Waals surface area contributed by atoms with E-state index in [1.165, 1.54) is 0 Å². The summed E-state index contributed by atoms with van der Waals surface area (Å²) in [5, 5.41) is 0.338. The smallest absolute Gasteiger partial charge is 0.141 e. The number of hydrogen-bond acceptors (Lipinski definition) is 1. The predicted octanol–water partition coefficient (Wildman–Crippen LogP) is -19.3. The summed E-state index contributed by atoms with van der Waals surface area (Å²) >= 11 is 0. The van der Waals surface area contributed by atoms with Crippen LogP contribution < -0.4 is 142 Å². The van der Waals surface area contributed by atoms with E-state index >= 15 is 0 Å². The Kier molecular flexibility index (Phi) is 12.2. The average Bonchev–Trinajstić information content (AvgIpc) is 3.72. The third-order valence-corrected chi connectivity index (χ3v) is 13.4. The van der Waals surface area contributed by atoms with Gasteiger partial charge in [-0.05, 0) is 60.1 Å². The van der Waals surface area contributed by atoms with Crippen molar-refractivity contribution in [3.63, 3.8) is 0 Å². The fraction of sp³-hybridized carbons (Fsp3) is 0. The van der Waals surface area contributed by atoms with Crippen molar-refractivity contribution in [1.82, 2.24) is 0 Å². The Bertz CT molecular complexity index is 3890. The third-order valence-electron chi connectivity index (χ3n) is 13.4. The lowest BCUT2D eigenvalue weighted by Crippen LogP contribution is -2.53. The van der Waals surface area contributed by atoms with Crippen LogP contribution in [0.1, 0.15) is 0 Å². The number of hydrogen-bond donors (Lipinski definition) is 0. The van der Waals surface area contributed by atoms with Gasteiger partial charge in [-0.1, -0.05) is 87.4 Å². The molecule has 0 saturated heterocycles. The largest absolute Gasteiger partial charge is 0.456 e. The molecule has 0 amide bonds. The monoisotopic (exact) mass is 806 g/mol. The quantitative estimate of drug-likeness (QED) is 0.128. The van der Waals surface area contributed by atoms with Gasteiger partial charge >= 0.3 is 0 Å². The molecule has 0 aliphatic heterocycles. The van der Waals surface area contributed by atoms with Crippen LogP contribution in [0.3, 0.4) is 0 Å². The van der Waals surface area contributed by atoms with Crippen molar-refractivity contribution in [1.29, 1.82) is 0 Å². The Hall–Kier alpha value is -3.97. The maximum absolute atomic E-state index is 7.31. The van der Waals surface area contributed by atoms with E-state index in [2.05, 4.69) is 0 Å². The molecule has 0 aliphatic rings. The highest BCUT2D eigenvalue weighted by Crippen LogP contribution is 2.42. The van der Waals surface area contributed by atoms with E-state index in [4.69, 9.17) is 208 Å². The molecule has 8 aromatic carbocycles. The Labute approximate surface area is 435 Å². The van der Waals surface area contributed by atoms with Crippen molar-refractivity contribution in [3.8, 4) is 33.4 Å². The van der Waals surface area contributed by atoms with Crippen LogP contribution in [0.4, 0.5) is 0 Å². The van der Waals surface area contributed by atoms with E-state index < -0.39 is 0 Å². The van der Waals surface area contributed by atoms with E-state index in [1.807, 2.05) is 0 Å². The average molecular weight is 802 g/mol. The van der Waals surface area contributed by atoms with Crippen molar-refractivity contribution in [3.05, 3.63) is 0 Å². The maximum Gasteiger partial charge on any atom is 0.141 e. The molecule has 0 fully saturated rings. The molecule has 0 saturated carbocycles. The second-order valence-corrected chi connectivity index (χ2v) is 16.8. The van der Waals surface area contributed by atoms with Crippen LogP contribution >= 0.6 is 0 Å². The van der Waals surface area contributed by atoms with Crippen LogP contribution in [0, 0.1) is 0 Å². The number of fused-ring (bicyclic) bond motifs is 6. The van der Waals surface area contributed by atoms with Gasteiger partial charge in [-0.3, -0.25) is 0 Å². The second kappa shape index (κ2) is 16.8. The van der Waals surface area contributed by atoms with E-state index in [1.54, 1.807) is 0 Å². The predicted molar refractivity (Wildman–Crippen MR) is 323 cm³/mol. The Morgan fingerprint density at radius 1 is 0.130 bits per heavy atom. The van der Waals surface area contributed by atoms with Crippen molar-refractivity contribution in [2.45, 2.75) is 0 Å². The van der Waals surface area contributed by atoms with Gasteiger partial charge in [-0.15, -0.1) is 54.6 Å². The number of rotatable bonds is 3. The highest BCUT2D eigenvalue weighted by Gasteiger charge is 2.31. The zero-order valence-electron chi connectivity index (χ0n) is 36.4. The molecule has 69 heavy (non-hydrogen) atoms. The van der Waals surface area contributed by atoms with Gasteiger partial charge in [0.1, 0.15) is 215 Å². The van der Waals surface area contributed by atoms with Gasteiger partial charge in [0, 0.05) is 16.3 Å². The van der Waals surface area contributed by atoms with E-state index in [-0.39, 0.29) is 230 Å². The van der Waals surface area contributed by atoms with Crippen molar-refractivity contribution < 1.29 is 4.42 Å². The minimum Gasteiger partial charge on any atom is -0.456 e. The van der Waals surface area contributed by atoms with Gasteiger partial charge < -0.3 is 4.42 Å². The third kappa shape index (κ3) is 6.41. The molecule has 52 radical (unpaired) electrons. The first-order chi connectivity index (χ1) is 32.2. The van der Waals surface area contributed by atoms with Crippen LogP contribution in [0.5, 0.6) is 0 Å². The highest BCUT2D eigenvalue weighted by molar-refractivity contribution is 6.77. The van der Waals surface area contributed by atoms with Gasteiger partial charge in [0.05, 0.1) is 0 Å². The fourth-order valence-corrected chi connectivity index (χ4v) is 9.65. The Balaban J connectivity index is 1.61. The molecule has 0 N–H and O–H groups in total. The first-order valence-corrected chi connectivity index (χ1v) is 20.2. The number of furan rings is 1. The lowest BCUT2D eigenvalue weighted by Gasteiger charge is -2.33. The summed E-state index contributed by atoms with van der Waals surface area (Å²) < 4.78 is 6.54. The fourth-order valence-electron chi connectivity index (χ4n) is 9.65. The molecule has 27 heteroatoms. The molecular weight excluding hydrogens is 802 g/mol. The Morgan fingerprint density at radius 2 is 0.348 bits per heavy atom. The summed E-state index contributed by atoms with van der Waals surface area (Å²) in [7, 11) is 175. The summed E-state index contributed by atoms with van der Waals surface area (Å²) in [4.78, 5) is 0. The standard InChI is InChI=1S/C42B26O/c43-15-7(23(51)30(58)24(52)9(15)8-16(44)10-11(22(50)21(8)49)26(54)37(65)36(64)25(10)53)1-3-5(19(47)34(62)32(60)17(3)45)2(6-4(1)18(46)33(61)35(63)20(6)48)12-27(55)31(59)28(56)13-14-29(57)38(66)39(67)40(68)42(14)69-41(12)13. The minimum atomic E-state index is -0.250. The topological polar surface area (TPSA) is 13.1 Å². The van der Waals surface area contributed by atoms with Gasteiger partial charge in [-0.25, -0.2) is 0 Å². The van der Waals surface area contributed by atoms with Crippen molar-refractivity contribution >= 4 is 400 Å². The lowest BCUT2D eigenvalue weighted by atomic mass is 9.55. The molecule has 9 rings (SSSR count). The summed E-state index contributed by atoms with van der Waals surface area (Å²) in [5.74, 6) is 0. The number of benzene rings is 8. The summed E-state index contributed by atoms with van der Waals surface area (Å²) in [6.45, 7) is 0. The summed E-state index contributed by atoms with van der Waals surface area (Å²) in [5.41, 5.74) is -4.39. The maximum atomic E-state index is 7.31. The van der Waals surface area contributed by atoms with E-state index in [0.29, 0.717) is 0 Å². The SMILES string of the molecule is [B]c1c([B])c(-c2c([B])c([B])c3c([B])c([B])c([B])c([B])c3c2[B])c([B])c(-c2c3c([B])c([B])c([B])c([B])c3c(-c3c([B])c([B])c([B])c4c3oc3c([B])c([B])c([B])c([B])c34)c3c([B])c([B])c([B])c([B])c23)c1[B]. The van der Waals surface area contributed by atoms with Crippen molar-refractivity contribution in [2.24, 2.45) is 0 Å². The first kappa shape index (κ1) is 50.0. The van der Waals surface area contributed by atoms with Crippen LogP contribution in [0.25, 0.3) is 87.6 Å². The molecule has 252 valence electrons. The molecule has 0 bridgehead atoms. The van der Waals surface area contributed by atoms with E-state index in [9.17, 15) is 0 Å². The second-order valence-electron chi connectivity index (χ2n) is 16.8. The molecule has 9 aromatic rings. The minimum absolute atomic E-state index is 0.00314. The van der Waals surface area contributed by atoms with Gasteiger partial charge in [-0.2, -0.15) is 0 Å². The molecule has 1 heterocycles. The van der Waals surface area contributed by atoms with Crippen molar-refractivity contribution in [2.75, 3.05) is 0 Å². The molecule has 0 unspecified atom stereocenters. The zero-order chi connectivity index (χ0) is 51.0. The van der Waals surface area contributed by atoms with Crippen LogP contribution in [0.15, 0.2) is 4.42 Å². The molecule has 0 spiro atoms. The van der Waals surface area contributed by atoms with Crippen LogP contribution in [0.2, 0.25) is 0 Å². The van der Waals surface area contributed by atoms with Gasteiger partial charge in [0.15, 0.2) is 0 Å². The van der Waals surface area contributed by atoms with Crippen LogP contribution in [-0.4, -0.2) is 204 Å². The molecule has 0 atom stereocenters. The first-order valence-electron chi connectivity index (χ1n) is 20.2. The van der Waals surface area contributed by atoms with E-state index in [0.717, 1.165) is 0 Å². The highest BCUT2D eigenvalue weighted by atomic mass is 16.3. The normalized spacial score (nSPS) is 11.8. The molecule has 1 aromatic heterocycles. The molecule has 1 nitrogen and oxygen atoms in total. The van der Waals surface area contributed by atoms with Crippen LogP contribution in [-0.2, 0) is 0 Å². The van der Waals surface area contributed by atoms with Gasteiger partial charge in [0.2, 0.25) is 0 Å². The summed E-state index contributed by atoms with van der Waals surface area (Å²) in [6.07, 6.45) is 0. The Morgan fingerprint density at radius 3 is 0.754 bits per heavy atom. The zero-order valence-corrected chi connectivity index (χ0v) is 36.4. The van der Waals surface area contributed by atoms with Gasteiger partial charge in [0.25, 0.3) is 0 Å². The lowest BCUT2D eigenvalue weighted by molar-refractivity contribution is 0.673. The molecule has 0 aliphatic carbocycles. The molecular formula is C42B26O.